The number of hydrogen-bond acceptors (Lipinski definition) is 8. The first-order chi connectivity index (χ1) is 19.8. The van der Waals surface area contributed by atoms with E-state index < -0.39 is 23.6 Å². The molecule has 1 aliphatic heterocycles. The van der Waals surface area contributed by atoms with E-state index in [9.17, 15) is 18.4 Å². The molecule has 3 heterocycles. The number of benzene rings is 2. The van der Waals surface area contributed by atoms with Gasteiger partial charge in [-0.2, -0.15) is 5.10 Å². The average molecular weight is 582 g/mol. The van der Waals surface area contributed by atoms with Crippen LogP contribution in [-0.2, 0) is 18.4 Å². The molecule has 1 saturated heterocycles. The Morgan fingerprint density at radius 2 is 1.85 bits per heavy atom. The minimum atomic E-state index is -0.793. The van der Waals surface area contributed by atoms with Crippen LogP contribution in [0.25, 0.3) is 10.6 Å². The number of carbonyl (C=O) groups is 2. The number of rotatable bonds is 7. The van der Waals surface area contributed by atoms with Crippen LogP contribution in [0.1, 0.15) is 35.3 Å². The topological polar surface area (TPSA) is 127 Å². The van der Waals surface area contributed by atoms with Crippen LogP contribution in [0.4, 0.5) is 30.1 Å². The summed E-state index contributed by atoms with van der Waals surface area (Å²) in [4.78, 5) is 31.7. The first kappa shape index (κ1) is 28.0. The molecule has 1 atom stereocenters. The number of anilines is 3. The molecule has 2 aromatic carbocycles. The van der Waals surface area contributed by atoms with Gasteiger partial charge >= 0.3 is 6.09 Å². The van der Waals surface area contributed by atoms with Crippen molar-refractivity contribution in [1.82, 2.24) is 20.1 Å². The molecule has 0 aliphatic carbocycles. The molecule has 0 bridgehead atoms. The van der Waals surface area contributed by atoms with Gasteiger partial charge in [0.1, 0.15) is 33.9 Å². The predicted molar refractivity (Wildman–Crippen MR) is 153 cm³/mol. The number of hydrogen-bond donors (Lipinski definition) is 3. The fraction of sp³-hybridized carbons (Fsp3) is 0.286. The van der Waals surface area contributed by atoms with Crippen molar-refractivity contribution in [3.05, 3.63) is 77.6 Å². The maximum Gasteiger partial charge on any atom is 0.407 e. The molecule has 13 heteroatoms. The lowest BCUT2D eigenvalue weighted by Gasteiger charge is -2.24. The molecule has 2 amide bonds. The number of halogens is 2. The Labute approximate surface area is 239 Å². The zero-order chi connectivity index (χ0) is 28.9. The van der Waals surface area contributed by atoms with Crippen molar-refractivity contribution in [2.45, 2.75) is 31.9 Å². The molecule has 2 aromatic heterocycles. The number of amides is 2. The van der Waals surface area contributed by atoms with Gasteiger partial charge < -0.3 is 26.0 Å². The lowest BCUT2D eigenvalue weighted by molar-refractivity contribution is 0.102. The second-order valence-electron chi connectivity index (χ2n) is 9.61. The van der Waals surface area contributed by atoms with E-state index in [1.54, 1.807) is 11.7 Å². The monoisotopic (exact) mass is 581 g/mol. The third-order valence-corrected chi connectivity index (χ3v) is 7.67. The molecule has 0 spiro atoms. The molecule has 5 rings (SSSR count). The van der Waals surface area contributed by atoms with Crippen LogP contribution in [0.3, 0.4) is 0 Å². The third kappa shape index (κ3) is 6.46. The summed E-state index contributed by atoms with van der Waals surface area (Å²) in [6.45, 7) is 1.47. The Hall–Kier alpha value is -4.52. The summed E-state index contributed by atoms with van der Waals surface area (Å²) in [7, 11) is 1.77. The van der Waals surface area contributed by atoms with E-state index in [4.69, 9.17) is 10.5 Å². The number of nitrogens with two attached hydrogens (primary N) is 1. The Morgan fingerprint density at radius 1 is 1.10 bits per heavy atom. The third-order valence-electron chi connectivity index (χ3n) is 6.76. The Balaban J connectivity index is 1.23. The molecule has 214 valence electrons. The highest BCUT2D eigenvalue weighted by molar-refractivity contribution is 7.19. The number of thiazole rings is 1. The zero-order valence-corrected chi connectivity index (χ0v) is 23.1. The first-order valence-electron chi connectivity index (χ1n) is 13.1. The highest BCUT2D eigenvalue weighted by atomic mass is 32.1. The summed E-state index contributed by atoms with van der Waals surface area (Å²) in [6.07, 6.45) is 3.28. The maximum atomic E-state index is 14.3. The second kappa shape index (κ2) is 12.3. The van der Waals surface area contributed by atoms with E-state index in [-0.39, 0.29) is 33.9 Å². The smallest absolute Gasteiger partial charge is 0.407 e. The fourth-order valence-electron chi connectivity index (χ4n) is 4.76. The SMILES string of the molecule is Cn1ncc(NC(=O)c2nc(-c3c(F)cccc3F)sc2N)c1N1CCC[C@@H](NC(=O)OCc2ccccc2)CC1. The van der Waals surface area contributed by atoms with Gasteiger partial charge in [0.05, 0.1) is 11.8 Å². The number of aryl methyl sites for hydroxylation is 1. The van der Waals surface area contributed by atoms with E-state index in [1.165, 1.54) is 12.3 Å². The first-order valence-corrected chi connectivity index (χ1v) is 13.9. The van der Waals surface area contributed by atoms with Crippen molar-refractivity contribution in [3.8, 4) is 10.6 Å². The summed E-state index contributed by atoms with van der Waals surface area (Å²) in [5, 5.41) is 10.1. The molecule has 10 nitrogen and oxygen atoms in total. The van der Waals surface area contributed by atoms with Crippen LogP contribution in [0, 0.1) is 11.6 Å². The lowest BCUT2D eigenvalue weighted by atomic mass is 10.1. The number of aromatic nitrogens is 3. The van der Waals surface area contributed by atoms with E-state index in [2.05, 4.69) is 25.6 Å². The summed E-state index contributed by atoms with van der Waals surface area (Å²) >= 11 is 0.832. The largest absolute Gasteiger partial charge is 0.445 e. The number of nitrogen functional groups attached to an aromatic ring is 1. The Bertz CT molecular complexity index is 1520. The molecule has 41 heavy (non-hydrogen) atoms. The fourth-order valence-corrected chi connectivity index (χ4v) is 5.64. The van der Waals surface area contributed by atoms with Gasteiger partial charge in [0.15, 0.2) is 11.5 Å². The van der Waals surface area contributed by atoms with E-state index >= 15 is 0 Å². The minimum absolute atomic E-state index is 0.0250. The van der Waals surface area contributed by atoms with Crippen LogP contribution < -0.4 is 21.3 Å². The van der Waals surface area contributed by atoms with Crippen LogP contribution in [0.5, 0.6) is 0 Å². The van der Waals surface area contributed by atoms with Gasteiger partial charge in [-0.15, -0.1) is 0 Å². The summed E-state index contributed by atoms with van der Waals surface area (Å²) < 4.78 is 35.5. The van der Waals surface area contributed by atoms with Crippen molar-refractivity contribution in [3.63, 3.8) is 0 Å². The standard InChI is InChI=1S/C28H29F2N7O3S/c1-36-27(37-13-6-9-18(12-14-37)33-28(39)40-16-17-7-3-2-4-8-17)21(15-32-36)34-25(38)23-24(31)41-26(35-23)22-19(29)10-5-11-20(22)30/h2-5,7-8,10-11,15,18H,6,9,12-14,16,31H2,1H3,(H,33,39)(H,34,38)/t18-/m1/s1. The van der Waals surface area contributed by atoms with Gasteiger partial charge in [-0.25, -0.2) is 18.6 Å². The van der Waals surface area contributed by atoms with Crippen LogP contribution in [0.15, 0.2) is 54.7 Å². The van der Waals surface area contributed by atoms with Crippen LogP contribution in [0.2, 0.25) is 0 Å². The van der Waals surface area contributed by atoms with Crippen molar-refractivity contribution in [2.75, 3.05) is 29.0 Å². The van der Waals surface area contributed by atoms with Gasteiger partial charge in [0, 0.05) is 26.2 Å². The van der Waals surface area contributed by atoms with Gasteiger partial charge in [-0.3, -0.25) is 9.48 Å². The van der Waals surface area contributed by atoms with Gasteiger partial charge in [0.25, 0.3) is 5.91 Å². The molecule has 4 aromatic rings. The number of alkyl carbamates (subject to hydrolysis) is 1. The predicted octanol–water partition coefficient (Wildman–Crippen LogP) is 4.94. The zero-order valence-electron chi connectivity index (χ0n) is 22.3. The van der Waals surface area contributed by atoms with E-state index in [1.807, 2.05) is 30.3 Å². The molecular weight excluding hydrogens is 552 g/mol. The molecule has 0 unspecified atom stereocenters. The summed E-state index contributed by atoms with van der Waals surface area (Å²) in [6, 6.07) is 12.9. The summed E-state index contributed by atoms with van der Waals surface area (Å²) in [5.74, 6) is -1.52. The molecule has 1 aliphatic rings. The molecule has 0 saturated carbocycles. The Morgan fingerprint density at radius 3 is 2.61 bits per heavy atom. The van der Waals surface area contributed by atoms with Crippen molar-refractivity contribution in [1.29, 1.82) is 0 Å². The van der Waals surface area contributed by atoms with E-state index in [0.717, 1.165) is 41.9 Å². The van der Waals surface area contributed by atoms with Gasteiger partial charge in [0.2, 0.25) is 0 Å². The van der Waals surface area contributed by atoms with Crippen molar-refractivity contribution < 1.29 is 23.1 Å². The number of nitrogens with zero attached hydrogens (tertiary/aromatic N) is 4. The minimum Gasteiger partial charge on any atom is -0.445 e. The second-order valence-corrected chi connectivity index (χ2v) is 10.6. The van der Waals surface area contributed by atoms with Crippen LogP contribution >= 0.6 is 11.3 Å². The van der Waals surface area contributed by atoms with Crippen molar-refractivity contribution >= 4 is 39.8 Å². The molecule has 1 fully saturated rings. The molecule has 4 N–H and O–H groups in total. The molecule has 0 radical (unpaired) electrons. The Kier molecular flexibility index (Phi) is 8.43. The average Bonchev–Trinajstić information content (AvgIpc) is 3.42. The number of carbonyl (C=O) groups excluding carboxylic acids is 2. The highest BCUT2D eigenvalue weighted by Gasteiger charge is 2.26. The number of nitrogens with one attached hydrogen (secondary N) is 2. The summed E-state index contributed by atoms with van der Waals surface area (Å²) in [5.41, 5.74) is 6.92. The van der Waals surface area contributed by atoms with E-state index in [0.29, 0.717) is 31.0 Å². The normalized spacial score (nSPS) is 15.3. The highest BCUT2D eigenvalue weighted by Crippen LogP contribution is 2.34. The molecular formula is C28H29F2N7O3S. The van der Waals surface area contributed by atoms with Crippen LogP contribution in [-0.4, -0.2) is 45.9 Å². The maximum absolute atomic E-state index is 14.3. The van der Waals surface area contributed by atoms with Crippen molar-refractivity contribution in [2.24, 2.45) is 7.05 Å². The number of ether oxygens (including phenoxy) is 1. The quantitative estimate of drug-likeness (QED) is 0.282. The van der Waals surface area contributed by atoms with Gasteiger partial charge in [-0.1, -0.05) is 47.7 Å². The van der Waals surface area contributed by atoms with Gasteiger partial charge in [-0.05, 0) is 37.0 Å². The lowest BCUT2D eigenvalue weighted by Crippen LogP contribution is -2.36.